The molecule has 0 saturated heterocycles. The van der Waals surface area contributed by atoms with Gasteiger partial charge in [-0.2, -0.15) is 5.10 Å². The molecule has 102 valence electrons. The van der Waals surface area contributed by atoms with Crippen LogP contribution in [0.15, 0.2) is 10.9 Å². The van der Waals surface area contributed by atoms with Crippen LogP contribution in [-0.4, -0.2) is 25.8 Å². The molecule has 0 aromatic carbocycles. The first kappa shape index (κ1) is 12.8. The highest BCUT2D eigenvalue weighted by molar-refractivity contribution is 9.10. The van der Waals surface area contributed by atoms with Gasteiger partial charge in [-0.25, -0.2) is 14.6 Å². The first-order valence-electron chi connectivity index (χ1n) is 6.63. The predicted octanol–water partition coefficient (Wildman–Crippen LogP) is 3.31. The maximum Gasteiger partial charge on any atom is 0.165 e. The van der Waals surface area contributed by atoms with Crippen LogP contribution in [0.3, 0.4) is 0 Å². The average molecular weight is 324 g/mol. The molecule has 2 heterocycles. The third-order valence-corrected chi connectivity index (χ3v) is 4.06. The molecule has 1 aliphatic carbocycles. The Balaban J connectivity index is 2.11. The smallest absolute Gasteiger partial charge is 0.165 e. The Kier molecular flexibility index (Phi) is 3.00. The number of rotatable bonds is 2. The normalized spacial score (nSPS) is 16.6. The molecule has 1 saturated carbocycles. The van der Waals surface area contributed by atoms with Gasteiger partial charge in [-0.1, -0.05) is 0 Å². The maximum atomic E-state index is 4.56. The summed E-state index contributed by atoms with van der Waals surface area (Å²) in [4.78, 5) is 8.78. The van der Waals surface area contributed by atoms with Crippen molar-refractivity contribution in [3.8, 4) is 0 Å². The van der Waals surface area contributed by atoms with Crippen molar-refractivity contribution >= 4 is 32.8 Å². The molecule has 0 amide bonds. The molecule has 0 atom stereocenters. The Bertz CT molecular complexity index is 609. The second-order valence-electron chi connectivity index (χ2n) is 6.07. The fourth-order valence-corrected chi connectivity index (χ4v) is 2.76. The molecule has 0 radical (unpaired) electrons. The van der Waals surface area contributed by atoms with Crippen molar-refractivity contribution in [3.05, 3.63) is 10.9 Å². The zero-order valence-electron chi connectivity index (χ0n) is 11.4. The highest BCUT2D eigenvalue weighted by atomic mass is 79.9. The number of halogens is 1. The fraction of sp³-hybridized carbons (Fsp3) is 0.615. The van der Waals surface area contributed by atoms with Gasteiger partial charge in [0.05, 0.1) is 10.9 Å². The second-order valence-corrected chi connectivity index (χ2v) is 6.82. The van der Waals surface area contributed by atoms with Crippen LogP contribution in [0.4, 0.5) is 5.82 Å². The standard InChI is InChI=1S/C13H18BrN5/c1-13(2,3)19-12-9(10(14)18-19)11(15-7-16-12)17-8-5-4-6-8/h7-8H,4-6H2,1-3H3,(H,15,16,17). The van der Waals surface area contributed by atoms with Crippen LogP contribution in [0.2, 0.25) is 0 Å². The van der Waals surface area contributed by atoms with Gasteiger partial charge in [0.1, 0.15) is 16.7 Å². The Labute approximate surface area is 120 Å². The highest BCUT2D eigenvalue weighted by Crippen LogP contribution is 2.32. The topological polar surface area (TPSA) is 55.6 Å². The molecule has 1 N–H and O–H groups in total. The summed E-state index contributed by atoms with van der Waals surface area (Å²) in [5, 5.41) is 9.03. The van der Waals surface area contributed by atoms with Crippen LogP contribution >= 0.6 is 15.9 Å². The first-order chi connectivity index (χ1) is 8.97. The molecule has 0 spiro atoms. The lowest BCUT2D eigenvalue weighted by Gasteiger charge is -2.27. The average Bonchev–Trinajstić information content (AvgIpc) is 2.62. The zero-order valence-corrected chi connectivity index (χ0v) is 13.0. The van der Waals surface area contributed by atoms with Gasteiger partial charge in [-0.15, -0.1) is 0 Å². The molecule has 0 aliphatic heterocycles. The van der Waals surface area contributed by atoms with Crippen molar-refractivity contribution in [1.29, 1.82) is 0 Å². The second kappa shape index (κ2) is 4.44. The summed E-state index contributed by atoms with van der Waals surface area (Å²) < 4.78 is 2.75. The molecule has 19 heavy (non-hydrogen) atoms. The van der Waals surface area contributed by atoms with E-state index < -0.39 is 0 Å². The van der Waals surface area contributed by atoms with Gasteiger partial charge < -0.3 is 5.32 Å². The minimum absolute atomic E-state index is 0.105. The van der Waals surface area contributed by atoms with E-state index in [-0.39, 0.29) is 5.54 Å². The van der Waals surface area contributed by atoms with Crippen LogP contribution in [0, 0.1) is 0 Å². The lowest BCUT2D eigenvalue weighted by molar-refractivity contribution is 0.364. The fourth-order valence-electron chi connectivity index (χ4n) is 2.24. The van der Waals surface area contributed by atoms with Gasteiger partial charge >= 0.3 is 0 Å². The van der Waals surface area contributed by atoms with Crippen LogP contribution < -0.4 is 5.32 Å². The molecule has 0 bridgehead atoms. The summed E-state index contributed by atoms with van der Waals surface area (Å²) in [7, 11) is 0. The summed E-state index contributed by atoms with van der Waals surface area (Å²) in [6, 6.07) is 0.544. The third-order valence-electron chi connectivity index (χ3n) is 3.50. The van der Waals surface area contributed by atoms with Crippen molar-refractivity contribution in [1.82, 2.24) is 19.7 Å². The molecule has 2 aromatic rings. The maximum absolute atomic E-state index is 4.56. The molecule has 0 unspecified atom stereocenters. The number of anilines is 1. The lowest BCUT2D eigenvalue weighted by Crippen LogP contribution is -2.27. The number of nitrogens with one attached hydrogen (secondary N) is 1. The number of hydrogen-bond donors (Lipinski definition) is 1. The lowest BCUT2D eigenvalue weighted by atomic mass is 9.93. The van der Waals surface area contributed by atoms with Crippen molar-refractivity contribution in [2.45, 2.75) is 51.6 Å². The van der Waals surface area contributed by atoms with Crippen LogP contribution in [0.1, 0.15) is 40.0 Å². The first-order valence-corrected chi connectivity index (χ1v) is 7.42. The van der Waals surface area contributed by atoms with Crippen LogP contribution in [0.5, 0.6) is 0 Å². The van der Waals surface area contributed by atoms with E-state index in [0.29, 0.717) is 6.04 Å². The number of fused-ring (bicyclic) bond motifs is 1. The van der Waals surface area contributed by atoms with Gasteiger partial charge in [0.2, 0.25) is 0 Å². The monoisotopic (exact) mass is 323 g/mol. The minimum Gasteiger partial charge on any atom is -0.367 e. The van der Waals surface area contributed by atoms with E-state index in [9.17, 15) is 0 Å². The Morgan fingerprint density at radius 2 is 2.05 bits per heavy atom. The summed E-state index contributed by atoms with van der Waals surface area (Å²) in [5.74, 6) is 0.886. The zero-order chi connectivity index (χ0) is 13.6. The van der Waals surface area contributed by atoms with Crippen molar-refractivity contribution in [2.24, 2.45) is 0 Å². The number of hydrogen-bond acceptors (Lipinski definition) is 4. The third kappa shape index (κ3) is 2.22. The summed E-state index contributed by atoms with van der Waals surface area (Å²) in [5.41, 5.74) is 0.767. The Hall–Kier alpha value is -1.17. The van der Waals surface area contributed by atoms with E-state index >= 15 is 0 Å². The molecule has 6 heteroatoms. The summed E-state index contributed by atoms with van der Waals surface area (Å²) >= 11 is 3.54. The van der Waals surface area contributed by atoms with E-state index in [0.717, 1.165) is 21.5 Å². The van der Waals surface area contributed by atoms with Gasteiger partial charge in [-0.3, -0.25) is 0 Å². The molecular formula is C13H18BrN5. The van der Waals surface area contributed by atoms with E-state index in [1.54, 1.807) is 6.33 Å². The van der Waals surface area contributed by atoms with E-state index in [1.807, 2.05) is 4.68 Å². The Morgan fingerprint density at radius 1 is 1.32 bits per heavy atom. The largest absolute Gasteiger partial charge is 0.367 e. The highest BCUT2D eigenvalue weighted by Gasteiger charge is 2.24. The van der Waals surface area contributed by atoms with Crippen LogP contribution in [0.25, 0.3) is 11.0 Å². The number of aromatic nitrogens is 4. The summed E-state index contributed by atoms with van der Waals surface area (Å²) in [6.07, 6.45) is 5.35. The van der Waals surface area contributed by atoms with E-state index in [2.05, 4.69) is 57.1 Å². The van der Waals surface area contributed by atoms with Crippen molar-refractivity contribution in [3.63, 3.8) is 0 Å². The molecular weight excluding hydrogens is 306 g/mol. The SMILES string of the molecule is CC(C)(C)n1nc(Br)c2c(NC3CCC3)ncnc21. The quantitative estimate of drug-likeness (QED) is 0.921. The van der Waals surface area contributed by atoms with Crippen molar-refractivity contribution < 1.29 is 0 Å². The molecule has 1 aliphatic rings. The van der Waals surface area contributed by atoms with Crippen LogP contribution in [-0.2, 0) is 5.54 Å². The van der Waals surface area contributed by atoms with Gasteiger partial charge in [0, 0.05) is 6.04 Å². The molecule has 3 rings (SSSR count). The Morgan fingerprint density at radius 3 is 2.63 bits per heavy atom. The van der Waals surface area contributed by atoms with Gasteiger partial charge in [0.15, 0.2) is 5.65 Å². The van der Waals surface area contributed by atoms with Crippen molar-refractivity contribution in [2.75, 3.05) is 5.32 Å². The van der Waals surface area contributed by atoms with Gasteiger partial charge in [0.25, 0.3) is 0 Å². The predicted molar refractivity (Wildman–Crippen MR) is 79.3 cm³/mol. The molecule has 2 aromatic heterocycles. The molecule has 5 nitrogen and oxygen atoms in total. The minimum atomic E-state index is -0.105. The number of nitrogens with zero attached hydrogens (tertiary/aromatic N) is 4. The van der Waals surface area contributed by atoms with E-state index in [4.69, 9.17) is 0 Å². The van der Waals surface area contributed by atoms with Gasteiger partial charge in [-0.05, 0) is 56.0 Å². The van der Waals surface area contributed by atoms with E-state index in [1.165, 1.54) is 19.3 Å². The summed E-state index contributed by atoms with van der Waals surface area (Å²) in [6.45, 7) is 6.35. The molecule has 1 fully saturated rings.